The number of carbonyl (C=O) groups is 2. The van der Waals surface area contributed by atoms with E-state index in [1.807, 2.05) is 12.1 Å². The van der Waals surface area contributed by atoms with E-state index in [2.05, 4.69) is 0 Å². The summed E-state index contributed by atoms with van der Waals surface area (Å²) < 4.78 is 11.4. The molecule has 170 valence electrons. The minimum absolute atomic E-state index is 0.206. The van der Waals surface area contributed by atoms with E-state index in [0.717, 1.165) is 0 Å². The van der Waals surface area contributed by atoms with Gasteiger partial charge in [-0.05, 0) is 60.7 Å². The molecule has 0 bridgehead atoms. The van der Waals surface area contributed by atoms with Crippen LogP contribution in [0.3, 0.4) is 0 Å². The molecule has 0 aliphatic carbocycles. The Kier molecular flexibility index (Phi) is 7.01. The number of benzene rings is 4. The second-order valence-corrected chi connectivity index (χ2v) is 8.32. The molecule has 0 spiro atoms. The number of ether oxygens (including phenoxy) is 2. The van der Waals surface area contributed by atoms with E-state index < -0.39 is 0 Å². The van der Waals surface area contributed by atoms with Crippen molar-refractivity contribution in [1.29, 1.82) is 0 Å². The largest absolute Gasteiger partial charge is 0.495 e. The molecule has 0 saturated carbocycles. The highest BCUT2D eigenvalue weighted by atomic mass is 35.5. The smallest absolute Gasteiger partial charge is 0.196 e. The van der Waals surface area contributed by atoms with Gasteiger partial charge in [0.05, 0.1) is 25.3 Å². The van der Waals surface area contributed by atoms with E-state index >= 15 is 0 Å². The molecule has 0 N–H and O–H groups in total. The monoisotopic (exact) mass is 490 g/mol. The summed E-state index contributed by atoms with van der Waals surface area (Å²) in [7, 11) is 3.01. The third-order valence-corrected chi connectivity index (χ3v) is 5.93. The highest BCUT2D eigenvalue weighted by Crippen LogP contribution is 2.41. The van der Waals surface area contributed by atoms with Crippen molar-refractivity contribution in [3.05, 3.63) is 117 Å². The van der Waals surface area contributed by atoms with Crippen molar-refractivity contribution in [2.75, 3.05) is 14.2 Å². The topological polar surface area (TPSA) is 52.6 Å². The molecule has 34 heavy (non-hydrogen) atoms. The fourth-order valence-corrected chi connectivity index (χ4v) is 4.06. The molecule has 4 nitrogen and oxygen atoms in total. The molecule has 0 amide bonds. The third kappa shape index (κ3) is 4.56. The van der Waals surface area contributed by atoms with Crippen molar-refractivity contribution >= 4 is 34.8 Å². The zero-order chi connectivity index (χ0) is 24.2. The van der Waals surface area contributed by atoms with Gasteiger partial charge in [-0.3, -0.25) is 9.59 Å². The summed E-state index contributed by atoms with van der Waals surface area (Å²) >= 11 is 11.9. The Morgan fingerprint density at radius 3 is 1.24 bits per heavy atom. The average Bonchev–Trinajstić information content (AvgIpc) is 2.87. The molecule has 4 aromatic rings. The molecule has 0 aromatic heterocycles. The first-order chi connectivity index (χ1) is 16.4. The molecular weight excluding hydrogens is 471 g/mol. The Morgan fingerprint density at radius 1 is 0.559 bits per heavy atom. The molecule has 0 aliphatic rings. The van der Waals surface area contributed by atoms with Crippen LogP contribution in [0.15, 0.2) is 84.9 Å². The Labute approximate surface area is 207 Å². The zero-order valence-electron chi connectivity index (χ0n) is 18.5. The van der Waals surface area contributed by atoms with Gasteiger partial charge in [0.15, 0.2) is 11.6 Å². The van der Waals surface area contributed by atoms with Gasteiger partial charge in [-0.25, -0.2) is 0 Å². The van der Waals surface area contributed by atoms with Gasteiger partial charge in [0, 0.05) is 32.3 Å². The summed E-state index contributed by atoms with van der Waals surface area (Å²) in [4.78, 5) is 26.5. The molecule has 0 aliphatic heterocycles. The van der Waals surface area contributed by atoms with Crippen LogP contribution in [-0.2, 0) is 0 Å². The summed E-state index contributed by atoms with van der Waals surface area (Å²) in [6.07, 6.45) is 0. The SMILES string of the molecule is COc1c(C(=O)c2ccc(Cl)cc2)cccc1-c1cccc(C(=O)c2ccc(Cl)cc2)c1OC. The number of carbonyl (C=O) groups excluding carboxylic acids is 2. The minimum atomic E-state index is -0.206. The van der Waals surface area contributed by atoms with Crippen molar-refractivity contribution in [1.82, 2.24) is 0 Å². The van der Waals surface area contributed by atoms with Crippen molar-refractivity contribution in [2.45, 2.75) is 0 Å². The number of halogens is 2. The van der Waals surface area contributed by atoms with Gasteiger partial charge >= 0.3 is 0 Å². The summed E-state index contributed by atoms with van der Waals surface area (Å²) in [5.74, 6) is 0.360. The first-order valence-corrected chi connectivity index (χ1v) is 11.1. The van der Waals surface area contributed by atoms with Gasteiger partial charge in [-0.15, -0.1) is 0 Å². The Morgan fingerprint density at radius 2 is 0.912 bits per heavy atom. The first-order valence-electron chi connectivity index (χ1n) is 10.4. The van der Waals surface area contributed by atoms with Crippen LogP contribution in [0.5, 0.6) is 11.5 Å². The molecule has 0 fully saturated rings. The van der Waals surface area contributed by atoms with E-state index in [9.17, 15) is 9.59 Å². The molecule has 0 heterocycles. The van der Waals surface area contributed by atoms with Gasteiger partial charge in [0.25, 0.3) is 0 Å². The number of ketones is 2. The standard InChI is InChI=1S/C28H20Cl2O4/c1-33-27-21(5-3-7-23(27)25(31)17-9-13-19(29)14-10-17)22-6-4-8-24(28(22)34-2)26(32)18-11-15-20(30)16-12-18/h3-16H,1-2H3. The first kappa shape index (κ1) is 23.6. The second kappa shape index (κ2) is 10.1. The van der Waals surface area contributed by atoms with Crippen molar-refractivity contribution in [2.24, 2.45) is 0 Å². The average molecular weight is 491 g/mol. The van der Waals surface area contributed by atoms with Gasteiger partial charge in [-0.2, -0.15) is 0 Å². The van der Waals surface area contributed by atoms with Gasteiger partial charge in [0.1, 0.15) is 11.5 Å². The third-order valence-electron chi connectivity index (χ3n) is 5.43. The molecular formula is C28H20Cl2O4. The normalized spacial score (nSPS) is 10.6. The van der Waals surface area contributed by atoms with Gasteiger partial charge in [-0.1, -0.05) is 47.5 Å². The Hall–Kier alpha value is -3.60. The van der Waals surface area contributed by atoms with Crippen LogP contribution >= 0.6 is 23.2 Å². The minimum Gasteiger partial charge on any atom is -0.495 e. The van der Waals surface area contributed by atoms with Gasteiger partial charge in [0.2, 0.25) is 0 Å². The molecule has 6 heteroatoms. The van der Waals surface area contributed by atoms with Crippen molar-refractivity contribution in [3.8, 4) is 22.6 Å². The second-order valence-electron chi connectivity index (χ2n) is 7.44. The highest BCUT2D eigenvalue weighted by molar-refractivity contribution is 6.31. The van der Waals surface area contributed by atoms with Crippen molar-refractivity contribution in [3.63, 3.8) is 0 Å². The van der Waals surface area contributed by atoms with Crippen LogP contribution in [0.4, 0.5) is 0 Å². The van der Waals surface area contributed by atoms with Crippen LogP contribution < -0.4 is 9.47 Å². The summed E-state index contributed by atoms with van der Waals surface area (Å²) in [5.41, 5.74) is 3.00. The highest BCUT2D eigenvalue weighted by Gasteiger charge is 2.23. The lowest BCUT2D eigenvalue weighted by Crippen LogP contribution is -2.07. The molecule has 0 atom stereocenters. The van der Waals surface area contributed by atoms with Crippen LogP contribution in [0.1, 0.15) is 31.8 Å². The molecule has 0 unspecified atom stereocenters. The lowest BCUT2D eigenvalue weighted by molar-refractivity contribution is 0.102. The Bertz CT molecular complexity index is 1250. The number of para-hydroxylation sites is 2. The maximum Gasteiger partial charge on any atom is 0.196 e. The number of hydrogen-bond donors (Lipinski definition) is 0. The van der Waals surface area contributed by atoms with Gasteiger partial charge < -0.3 is 9.47 Å². The number of rotatable bonds is 7. The fourth-order valence-electron chi connectivity index (χ4n) is 3.81. The van der Waals surface area contributed by atoms with E-state index in [1.54, 1.807) is 72.8 Å². The van der Waals surface area contributed by atoms with Crippen LogP contribution in [-0.4, -0.2) is 25.8 Å². The van der Waals surface area contributed by atoms with Crippen molar-refractivity contribution < 1.29 is 19.1 Å². The molecule has 0 radical (unpaired) electrons. The predicted molar refractivity (Wildman–Crippen MR) is 135 cm³/mol. The van der Waals surface area contributed by atoms with E-state index in [0.29, 0.717) is 54.9 Å². The lowest BCUT2D eigenvalue weighted by atomic mass is 9.93. The van der Waals surface area contributed by atoms with E-state index in [4.69, 9.17) is 32.7 Å². The number of hydrogen-bond acceptors (Lipinski definition) is 4. The molecule has 0 saturated heterocycles. The van der Waals surface area contributed by atoms with E-state index in [1.165, 1.54) is 14.2 Å². The maximum atomic E-state index is 13.2. The maximum absolute atomic E-state index is 13.2. The quantitative estimate of drug-likeness (QED) is 0.258. The summed E-state index contributed by atoms with van der Waals surface area (Å²) in [5, 5.41) is 1.09. The zero-order valence-corrected chi connectivity index (χ0v) is 20.0. The summed E-state index contributed by atoms with van der Waals surface area (Å²) in [6, 6.07) is 23.9. The molecule has 4 aromatic carbocycles. The summed E-state index contributed by atoms with van der Waals surface area (Å²) in [6.45, 7) is 0. The van der Waals surface area contributed by atoms with Crippen LogP contribution in [0.25, 0.3) is 11.1 Å². The lowest BCUT2D eigenvalue weighted by Gasteiger charge is -2.17. The predicted octanol–water partition coefficient (Wildman–Crippen LogP) is 7.14. The molecule has 4 rings (SSSR count). The number of methoxy groups -OCH3 is 2. The van der Waals surface area contributed by atoms with Crippen LogP contribution in [0.2, 0.25) is 10.0 Å². The van der Waals surface area contributed by atoms with Crippen LogP contribution in [0, 0.1) is 0 Å². The van der Waals surface area contributed by atoms with E-state index in [-0.39, 0.29) is 11.6 Å². The fraction of sp³-hybridized carbons (Fsp3) is 0.0714. The Balaban J connectivity index is 1.83.